The van der Waals surface area contributed by atoms with E-state index in [2.05, 4.69) is 0 Å². The Morgan fingerprint density at radius 1 is 0.931 bits per heavy atom. The van der Waals surface area contributed by atoms with Gasteiger partial charge in [0, 0.05) is 19.8 Å². The number of hydrogen-bond acceptors (Lipinski definition) is 7. The first kappa shape index (κ1) is 22.0. The molecule has 0 fully saturated rings. The Labute approximate surface area is 170 Å². The van der Waals surface area contributed by atoms with Crippen LogP contribution in [-0.2, 0) is 14.3 Å². The highest BCUT2D eigenvalue weighted by atomic mass is 16.7. The number of carbonyl (C=O) groups excluding carboxylic acids is 1. The quantitative estimate of drug-likeness (QED) is 0.324. The molecule has 0 saturated carbocycles. The molecule has 2 aromatic carbocycles. The van der Waals surface area contributed by atoms with Gasteiger partial charge in [-0.2, -0.15) is 0 Å². The standard InChI is InChI=1S/C22H24O7/c1-24-14-28-19-7-5-6-16(10-19)8-9-17(13-23)18-11-20(26-3)22(29-15-25-2)21(12-18)27-4/h5-12H,14-15H2,1-4H3/b9-8+. The van der Waals surface area contributed by atoms with Crippen molar-refractivity contribution in [2.24, 2.45) is 0 Å². The highest BCUT2D eigenvalue weighted by Gasteiger charge is 2.16. The summed E-state index contributed by atoms with van der Waals surface area (Å²) in [4.78, 5) is 11.6. The lowest BCUT2D eigenvalue weighted by Gasteiger charge is -2.15. The Kier molecular flexibility index (Phi) is 8.79. The van der Waals surface area contributed by atoms with Crippen molar-refractivity contribution in [2.45, 2.75) is 0 Å². The zero-order valence-corrected chi connectivity index (χ0v) is 16.9. The number of allylic oxidation sites excluding steroid dienone is 2. The summed E-state index contributed by atoms with van der Waals surface area (Å²) in [6, 6.07) is 10.7. The normalized spacial score (nSPS) is 10.5. The maximum atomic E-state index is 11.6. The summed E-state index contributed by atoms with van der Waals surface area (Å²) < 4.78 is 31.5. The molecule has 154 valence electrons. The molecule has 0 spiro atoms. The van der Waals surface area contributed by atoms with Crippen molar-refractivity contribution >= 4 is 17.6 Å². The van der Waals surface area contributed by atoms with Crippen LogP contribution in [0.5, 0.6) is 23.0 Å². The summed E-state index contributed by atoms with van der Waals surface area (Å²) in [7, 11) is 6.08. The lowest BCUT2D eigenvalue weighted by molar-refractivity contribution is 0.0471. The van der Waals surface area contributed by atoms with Crippen LogP contribution in [0.15, 0.2) is 42.5 Å². The second-order valence-corrected chi connectivity index (χ2v) is 5.73. The molecule has 0 bridgehead atoms. The molecule has 2 aromatic rings. The first-order chi connectivity index (χ1) is 14.2. The number of methoxy groups -OCH3 is 4. The predicted molar refractivity (Wildman–Crippen MR) is 109 cm³/mol. The lowest BCUT2D eigenvalue weighted by atomic mass is 10.0. The number of rotatable bonds is 11. The number of hydrogen-bond donors (Lipinski definition) is 0. The van der Waals surface area contributed by atoms with Crippen molar-refractivity contribution in [2.75, 3.05) is 42.0 Å². The third kappa shape index (κ3) is 6.12. The topological polar surface area (TPSA) is 72.5 Å². The van der Waals surface area contributed by atoms with Gasteiger partial charge < -0.3 is 28.4 Å². The van der Waals surface area contributed by atoms with Crippen LogP contribution >= 0.6 is 0 Å². The molecule has 0 saturated heterocycles. The van der Waals surface area contributed by atoms with Gasteiger partial charge in [0.05, 0.1) is 19.8 Å². The predicted octanol–water partition coefficient (Wildman–Crippen LogP) is 3.60. The van der Waals surface area contributed by atoms with E-state index in [4.69, 9.17) is 28.4 Å². The molecule has 0 N–H and O–H groups in total. The maximum Gasteiger partial charge on any atom is 0.206 e. The largest absolute Gasteiger partial charge is 0.493 e. The van der Waals surface area contributed by atoms with Gasteiger partial charge in [0.1, 0.15) is 11.7 Å². The van der Waals surface area contributed by atoms with E-state index >= 15 is 0 Å². The fourth-order valence-electron chi connectivity index (χ4n) is 2.50. The molecule has 7 nitrogen and oxygen atoms in total. The number of ether oxygens (including phenoxy) is 6. The molecule has 0 atom stereocenters. The van der Waals surface area contributed by atoms with Crippen LogP contribution in [-0.4, -0.2) is 48.0 Å². The van der Waals surface area contributed by atoms with Crippen molar-refractivity contribution in [3.63, 3.8) is 0 Å². The van der Waals surface area contributed by atoms with Gasteiger partial charge in [0.2, 0.25) is 5.75 Å². The number of benzene rings is 2. The van der Waals surface area contributed by atoms with Gasteiger partial charge in [0.25, 0.3) is 0 Å². The van der Waals surface area contributed by atoms with E-state index in [1.54, 1.807) is 31.4 Å². The average Bonchev–Trinajstić information content (AvgIpc) is 2.76. The summed E-state index contributed by atoms with van der Waals surface area (Å²) in [5.41, 5.74) is 1.75. The second kappa shape index (κ2) is 11.6. The maximum absolute atomic E-state index is 11.6. The molecule has 0 radical (unpaired) electrons. The minimum atomic E-state index is 0.0316. The molecule has 0 heterocycles. The summed E-state index contributed by atoms with van der Waals surface area (Å²) >= 11 is 0. The Bertz CT molecular complexity index is 857. The molecule has 2 rings (SSSR count). The molecule has 0 aliphatic heterocycles. The third-order valence-electron chi connectivity index (χ3n) is 3.85. The molecular formula is C22H24O7. The Hall–Kier alpha value is -3.25. The van der Waals surface area contributed by atoms with E-state index in [0.717, 1.165) is 5.56 Å². The molecule has 0 unspecified atom stereocenters. The van der Waals surface area contributed by atoms with E-state index < -0.39 is 0 Å². The molecule has 7 heteroatoms. The summed E-state index contributed by atoms with van der Waals surface area (Å²) in [5.74, 6) is 3.82. The van der Waals surface area contributed by atoms with Gasteiger partial charge >= 0.3 is 0 Å². The van der Waals surface area contributed by atoms with Gasteiger partial charge in [-0.3, -0.25) is 0 Å². The SMILES string of the molecule is COCOc1cccc(/C=C/C(=C=O)c2cc(OC)c(OCOC)c(OC)c2)c1. The van der Waals surface area contributed by atoms with E-state index in [-0.39, 0.29) is 13.6 Å². The molecule has 0 aromatic heterocycles. The minimum absolute atomic E-state index is 0.0316. The van der Waals surface area contributed by atoms with Crippen molar-refractivity contribution in [1.29, 1.82) is 0 Å². The Balaban J connectivity index is 2.32. The highest BCUT2D eigenvalue weighted by molar-refractivity contribution is 5.96. The van der Waals surface area contributed by atoms with E-state index in [1.165, 1.54) is 21.3 Å². The van der Waals surface area contributed by atoms with Crippen LogP contribution in [0.2, 0.25) is 0 Å². The molecular weight excluding hydrogens is 376 g/mol. The van der Waals surface area contributed by atoms with Crippen molar-refractivity contribution in [3.8, 4) is 23.0 Å². The van der Waals surface area contributed by atoms with Crippen LogP contribution in [0.3, 0.4) is 0 Å². The van der Waals surface area contributed by atoms with Gasteiger partial charge in [-0.25, -0.2) is 4.79 Å². The highest BCUT2D eigenvalue weighted by Crippen LogP contribution is 2.40. The van der Waals surface area contributed by atoms with Gasteiger partial charge in [-0.05, 0) is 35.9 Å². The summed E-state index contributed by atoms with van der Waals surface area (Å²) in [6.45, 7) is 0.188. The Morgan fingerprint density at radius 3 is 2.17 bits per heavy atom. The summed E-state index contributed by atoms with van der Waals surface area (Å²) in [6.07, 6.45) is 3.44. The van der Waals surface area contributed by atoms with Crippen molar-refractivity contribution in [3.05, 3.63) is 53.6 Å². The first-order valence-electron chi connectivity index (χ1n) is 8.70. The van der Waals surface area contributed by atoms with E-state index in [9.17, 15) is 4.79 Å². The van der Waals surface area contributed by atoms with Gasteiger partial charge in [-0.1, -0.05) is 18.2 Å². The van der Waals surface area contributed by atoms with E-state index in [1.807, 2.05) is 30.2 Å². The molecule has 0 amide bonds. The molecule has 29 heavy (non-hydrogen) atoms. The zero-order chi connectivity index (χ0) is 21.1. The second-order valence-electron chi connectivity index (χ2n) is 5.73. The Morgan fingerprint density at radius 2 is 1.59 bits per heavy atom. The first-order valence-corrected chi connectivity index (χ1v) is 8.70. The minimum Gasteiger partial charge on any atom is -0.493 e. The van der Waals surface area contributed by atoms with Crippen LogP contribution in [0.1, 0.15) is 11.1 Å². The monoisotopic (exact) mass is 400 g/mol. The lowest BCUT2D eigenvalue weighted by Crippen LogP contribution is -2.03. The fraction of sp³-hybridized carbons (Fsp3) is 0.273. The van der Waals surface area contributed by atoms with Crippen LogP contribution < -0.4 is 18.9 Å². The van der Waals surface area contributed by atoms with Crippen LogP contribution in [0.4, 0.5) is 0 Å². The smallest absolute Gasteiger partial charge is 0.206 e. The van der Waals surface area contributed by atoms with Crippen LogP contribution in [0.25, 0.3) is 11.6 Å². The van der Waals surface area contributed by atoms with Crippen molar-refractivity contribution < 1.29 is 33.2 Å². The third-order valence-corrected chi connectivity index (χ3v) is 3.85. The summed E-state index contributed by atoms with van der Waals surface area (Å²) in [5, 5.41) is 0. The van der Waals surface area contributed by atoms with Crippen molar-refractivity contribution in [1.82, 2.24) is 0 Å². The zero-order valence-electron chi connectivity index (χ0n) is 16.9. The van der Waals surface area contributed by atoms with Gasteiger partial charge in [0.15, 0.2) is 25.1 Å². The average molecular weight is 400 g/mol. The van der Waals surface area contributed by atoms with Gasteiger partial charge in [-0.15, -0.1) is 0 Å². The van der Waals surface area contributed by atoms with E-state index in [0.29, 0.717) is 34.1 Å². The fourth-order valence-corrected chi connectivity index (χ4v) is 2.50. The van der Waals surface area contributed by atoms with Crippen LogP contribution in [0, 0.1) is 0 Å². The molecule has 0 aliphatic carbocycles. The molecule has 0 aliphatic rings.